The molecular weight excluding hydrogens is 250 g/mol. The average molecular weight is 273 g/mol. The highest BCUT2D eigenvalue weighted by atomic mass is 16.2. The minimum absolute atomic E-state index is 0.234. The maximum atomic E-state index is 12.8. The molecule has 3 fully saturated rings. The van der Waals surface area contributed by atoms with Crippen molar-refractivity contribution in [3.63, 3.8) is 0 Å². The molecule has 2 saturated heterocycles. The largest absolute Gasteiger partial charge is 0.340 e. The monoisotopic (exact) mass is 273 g/mol. The van der Waals surface area contributed by atoms with Crippen molar-refractivity contribution in [3.8, 4) is 0 Å². The van der Waals surface area contributed by atoms with Gasteiger partial charge in [0.05, 0.1) is 0 Å². The number of hydrogen-bond donors (Lipinski definition) is 1. The average Bonchev–Trinajstić information content (AvgIpc) is 3.01. The second-order valence-electron chi connectivity index (χ2n) is 6.56. The van der Waals surface area contributed by atoms with Crippen molar-refractivity contribution in [3.05, 3.63) is 24.0 Å². The minimum atomic E-state index is 0.234. The Hall–Kier alpha value is -1.29. The van der Waals surface area contributed by atoms with Crippen molar-refractivity contribution >= 4 is 5.91 Å². The SMILES string of the molecule is O=C(c1cccn1C1CCC1)N1C[C@@H]2CCCN[C@@H]2C1. The number of fused-ring (bicyclic) bond motifs is 1. The summed E-state index contributed by atoms with van der Waals surface area (Å²) in [6.45, 7) is 2.94. The quantitative estimate of drug-likeness (QED) is 0.895. The number of rotatable bonds is 2. The van der Waals surface area contributed by atoms with Gasteiger partial charge in [-0.3, -0.25) is 4.79 Å². The van der Waals surface area contributed by atoms with E-state index in [2.05, 4.69) is 21.0 Å². The lowest BCUT2D eigenvalue weighted by molar-refractivity contribution is 0.0769. The molecule has 108 valence electrons. The summed E-state index contributed by atoms with van der Waals surface area (Å²) in [6, 6.07) is 5.11. The molecule has 0 spiro atoms. The summed E-state index contributed by atoms with van der Waals surface area (Å²) in [5.41, 5.74) is 0.897. The topological polar surface area (TPSA) is 37.3 Å². The van der Waals surface area contributed by atoms with Crippen LogP contribution in [0, 0.1) is 5.92 Å². The van der Waals surface area contributed by atoms with Crippen molar-refractivity contribution in [1.29, 1.82) is 0 Å². The van der Waals surface area contributed by atoms with Gasteiger partial charge in [-0.2, -0.15) is 0 Å². The number of nitrogens with one attached hydrogen (secondary N) is 1. The summed E-state index contributed by atoms with van der Waals surface area (Å²) in [5, 5.41) is 3.57. The highest BCUT2D eigenvalue weighted by Gasteiger charge is 2.37. The molecule has 3 heterocycles. The van der Waals surface area contributed by atoms with E-state index in [0.29, 0.717) is 18.0 Å². The summed E-state index contributed by atoms with van der Waals surface area (Å²) in [5.74, 6) is 0.901. The fourth-order valence-electron chi connectivity index (χ4n) is 3.93. The van der Waals surface area contributed by atoms with Gasteiger partial charge in [0.15, 0.2) is 0 Å². The Morgan fingerprint density at radius 1 is 1.20 bits per heavy atom. The molecule has 4 heteroatoms. The summed E-state index contributed by atoms with van der Waals surface area (Å²) in [6.07, 6.45) is 8.35. The Morgan fingerprint density at radius 2 is 2.10 bits per heavy atom. The zero-order valence-electron chi connectivity index (χ0n) is 11.9. The third kappa shape index (κ3) is 1.97. The molecule has 0 unspecified atom stereocenters. The molecule has 4 nitrogen and oxygen atoms in total. The third-order valence-electron chi connectivity index (χ3n) is 5.35. The molecule has 2 atom stereocenters. The third-order valence-corrected chi connectivity index (χ3v) is 5.35. The summed E-state index contributed by atoms with van der Waals surface area (Å²) in [4.78, 5) is 14.9. The maximum absolute atomic E-state index is 12.8. The van der Waals surface area contributed by atoms with Gasteiger partial charge in [0.25, 0.3) is 5.91 Å². The van der Waals surface area contributed by atoms with Gasteiger partial charge in [-0.15, -0.1) is 0 Å². The number of likely N-dealkylation sites (tertiary alicyclic amines) is 1. The normalized spacial score (nSPS) is 30.1. The molecule has 3 aliphatic rings. The molecule has 4 rings (SSSR count). The molecule has 2 aliphatic heterocycles. The zero-order chi connectivity index (χ0) is 13.5. The predicted octanol–water partition coefficient (Wildman–Crippen LogP) is 2.04. The number of hydrogen-bond acceptors (Lipinski definition) is 2. The Labute approximate surface area is 120 Å². The van der Waals surface area contributed by atoms with Crippen LogP contribution in [0.15, 0.2) is 18.3 Å². The van der Waals surface area contributed by atoms with Crippen molar-refractivity contribution in [2.24, 2.45) is 5.92 Å². The van der Waals surface area contributed by atoms with Crippen LogP contribution >= 0.6 is 0 Å². The number of amides is 1. The van der Waals surface area contributed by atoms with Crippen molar-refractivity contribution in [2.75, 3.05) is 19.6 Å². The van der Waals surface area contributed by atoms with E-state index in [-0.39, 0.29) is 5.91 Å². The van der Waals surface area contributed by atoms with E-state index in [4.69, 9.17) is 0 Å². The van der Waals surface area contributed by atoms with Crippen LogP contribution in [0.4, 0.5) is 0 Å². The fourth-order valence-corrected chi connectivity index (χ4v) is 3.93. The summed E-state index contributed by atoms with van der Waals surface area (Å²) < 4.78 is 2.21. The molecule has 1 N–H and O–H groups in total. The van der Waals surface area contributed by atoms with Crippen molar-refractivity contribution < 1.29 is 4.79 Å². The highest BCUT2D eigenvalue weighted by Crippen LogP contribution is 2.33. The van der Waals surface area contributed by atoms with Crippen LogP contribution in [0.2, 0.25) is 0 Å². The van der Waals surface area contributed by atoms with Crippen LogP contribution in [0.5, 0.6) is 0 Å². The standard InChI is InChI=1S/C16H23N3O/c20-16(15-7-3-9-19(15)13-5-1-6-13)18-10-12-4-2-8-17-14(12)11-18/h3,7,9,12-14,17H,1-2,4-6,8,10-11H2/t12-,14+/m0/s1. The zero-order valence-corrected chi connectivity index (χ0v) is 11.9. The van der Waals surface area contributed by atoms with Gasteiger partial charge >= 0.3 is 0 Å². The minimum Gasteiger partial charge on any atom is -0.340 e. The van der Waals surface area contributed by atoms with E-state index in [1.807, 2.05) is 12.1 Å². The fraction of sp³-hybridized carbons (Fsp3) is 0.688. The van der Waals surface area contributed by atoms with Gasteiger partial charge in [0, 0.05) is 31.4 Å². The van der Waals surface area contributed by atoms with Crippen LogP contribution in [-0.4, -0.2) is 41.1 Å². The smallest absolute Gasteiger partial charge is 0.270 e. The molecule has 1 aromatic heterocycles. The van der Waals surface area contributed by atoms with Crippen LogP contribution in [0.3, 0.4) is 0 Å². The Morgan fingerprint density at radius 3 is 2.85 bits per heavy atom. The number of carbonyl (C=O) groups is 1. The number of aromatic nitrogens is 1. The van der Waals surface area contributed by atoms with Crippen LogP contribution < -0.4 is 5.32 Å². The predicted molar refractivity (Wildman–Crippen MR) is 77.7 cm³/mol. The first-order chi connectivity index (χ1) is 9.83. The van der Waals surface area contributed by atoms with Crippen LogP contribution in [0.25, 0.3) is 0 Å². The van der Waals surface area contributed by atoms with Crippen molar-refractivity contribution in [1.82, 2.24) is 14.8 Å². The first-order valence-corrected chi connectivity index (χ1v) is 8.02. The molecular formula is C16H23N3O. The first kappa shape index (κ1) is 12.5. The maximum Gasteiger partial charge on any atom is 0.270 e. The molecule has 1 saturated carbocycles. The van der Waals surface area contributed by atoms with E-state index in [9.17, 15) is 4.79 Å². The number of piperidine rings is 1. The first-order valence-electron chi connectivity index (χ1n) is 8.02. The second kappa shape index (κ2) is 4.92. The highest BCUT2D eigenvalue weighted by molar-refractivity contribution is 5.93. The van der Waals surface area contributed by atoms with Gasteiger partial charge in [-0.25, -0.2) is 0 Å². The van der Waals surface area contributed by atoms with Gasteiger partial charge in [0.1, 0.15) is 5.69 Å². The van der Waals surface area contributed by atoms with Gasteiger partial charge in [-0.1, -0.05) is 0 Å². The Kier molecular flexibility index (Phi) is 3.06. The van der Waals surface area contributed by atoms with Crippen LogP contribution in [0.1, 0.15) is 48.6 Å². The van der Waals surface area contributed by atoms with E-state index >= 15 is 0 Å². The molecule has 1 aromatic rings. The Bertz CT molecular complexity index is 492. The van der Waals surface area contributed by atoms with E-state index in [0.717, 1.165) is 25.3 Å². The molecule has 0 radical (unpaired) electrons. The Balaban J connectivity index is 1.51. The summed E-state index contributed by atoms with van der Waals surface area (Å²) in [7, 11) is 0. The van der Waals surface area contributed by atoms with Gasteiger partial charge in [-0.05, 0) is 56.7 Å². The molecule has 20 heavy (non-hydrogen) atoms. The van der Waals surface area contributed by atoms with Crippen molar-refractivity contribution in [2.45, 2.75) is 44.2 Å². The lowest BCUT2D eigenvalue weighted by Gasteiger charge is -2.29. The lowest BCUT2D eigenvalue weighted by atomic mass is 9.93. The molecule has 0 bridgehead atoms. The number of nitrogens with zero attached hydrogens (tertiary/aromatic N) is 2. The van der Waals surface area contributed by atoms with Crippen LogP contribution in [-0.2, 0) is 0 Å². The van der Waals surface area contributed by atoms with E-state index < -0.39 is 0 Å². The van der Waals surface area contributed by atoms with Gasteiger partial charge in [0.2, 0.25) is 0 Å². The second-order valence-corrected chi connectivity index (χ2v) is 6.56. The molecule has 1 aliphatic carbocycles. The van der Waals surface area contributed by atoms with Gasteiger partial charge < -0.3 is 14.8 Å². The van der Waals surface area contributed by atoms with E-state index in [1.165, 1.54) is 32.1 Å². The number of carbonyl (C=O) groups excluding carboxylic acids is 1. The summed E-state index contributed by atoms with van der Waals surface area (Å²) >= 11 is 0. The lowest BCUT2D eigenvalue weighted by Crippen LogP contribution is -2.41. The van der Waals surface area contributed by atoms with E-state index in [1.54, 1.807) is 0 Å². The molecule has 0 aromatic carbocycles. The molecule has 1 amide bonds.